The Morgan fingerprint density at radius 3 is 3.17 bits per heavy atom. The molecule has 1 saturated carbocycles. The normalized spacial score (nSPS) is 24.1. The number of ether oxygens (including phenoxy) is 1. The van der Waals surface area contributed by atoms with Gasteiger partial charge in [-0.15, -0.1) is 11.3 Å². The molecule has 0 N–H and O–H groups in total. The first-order valence-electron chi connectivity index (χ1n) is 8.57. The minimum absolute atomic E-state index is 0.289. The number of benzene rings is 1. The Morgan fingerprint density at radius 1 is 1.35 bits per heavy atom. The summed E-state index contributed by atoms with van der Waals surface area (Å²) in [6.07, 6.45) is 6.09. The second-order valence-corrected chi connectivity index (χ2v) is 7.54. The fourth-order valence-corrected chi connectivity index (χ4v) is 4.81. The molecule has 1 amide bonds. The third-order valence-electron chi connectivity index (χ3n) is 4.92. The number of thiazole rings is 1. The van der Waals surface area contributed by atoms with E-state index in [-0.39, 0.29) is 6.10 Å². The van der Waals surface area contributed by atoms with Crippen molar-refractivity contribution in [3.8, 4) is 0 Å². The number of carbonyl (C=O) groups is 1. The monoisotopic (exact) mass is 330 g/mol. The summed E-state index contributed by atoms with van der Waals surface area (Å²) in [6.45, 7) is 1.46. The second kappa shape index (κ2) is 6.57. The van der Waals surface area contributed by atoms with Crippen molar-refractivity contribution in [3.63, 3.8) is 0 Å². The molecule has 4 rings (SSSR count). The molecular formula is C18H22N2O2S. The maximum absolute atomic E-state index is 12.6. The van der Waals surface area contributed by atoms with E-state index in [0.717, 1.165) is 42.8 Å². The van der Waals surface area contributed by atoms with Crippen molar-refractivity contribution in [2.24, 2.45) is 0 Å². The zero-order valence-corrected chi connectivity index (χ0v) is 14.1. The van der Waals surface area contributed by atoms with Gasteiger partial charge in [0.25, 0.3) is 0 Å². The van der Waals surface area contributed by atoms with Crippen molar-refractivity contribution in [1.29, 1.82) is 0 Å². The van der Waals surface area contributed by atoms with Crippen LogP contribution in [0.2, 0.25) is 0 Å². The molecule has 1 aromatic carbocycles. The Bertz CT molecular complexity index is 666. The molecule has 1 aliphatic carbocycles. The van der Waals surface area contributed by atoms with E-state index in [4.69, 9.17) is 4.74 Å². The van der Waals surface area contributed by atoms with Gasteiger partial charge in [0, 0.05) is 13.0 Å². The van der Waals surface area contributed by atoms with Crippen molar-refractivity contribution >= 4 is 27.5 Å². The number of hydrogen-bond acceptors (Lipinski definition) is 4. The smallest absolute Gasteiger partial charge is 0.222 e. The molecule has 0 spiro atoms. The molecule has 1 saturated heterocycles. The van der Waals surface area contributed by atoms with Crippen LogP contribution in [-0.4, -0.2) is 41.1 Å². The topological polar surface area (TPSA) is 42.4 Å². The van der Waals surface area contributed by atoms with E-state index in [1.165, 1.54) is 11.1 Å². The average molecular weight is 330 g/mol. The zero-order valence-electron chi connectivity index (χ0n) is 13.2. The van der Waals surface area contributed by atoms with Gasteiger partial charge in [0.15, 0.2) is 0 Å². The molecule has 1 aliphatic heterocycles. The predicted octanol–water partition coefficient (Wildman–Crippen LogP) is 3.40. The third kappa shape index (κ3) is 3.12. The van der Waals surface area contributed by atoms with Crippen molar-refractivity contribution < 1.29 is 9.53 Å². The summed E-state index contributed by atoms with van der Waals surface area (Å²) in [7, 11) is 0. The first kappa shape index (κ1) is 15.1. The van der Waals surface area contributed by atoms with Crippen molar-refractivity contribution in [2.45, 2.75) is 50.7 Å². The Hall–Kier alpha value is -1.46. The number of para-hydroxylation sites is 1. The molecule has 0 radical (unpaired) electrons. The van der Waals surface area contributed by atoms with Crippen LogP contribution in [0.25, 0.3) is 10.2 Å². The van der Waals surface area contributed by atoms with Crippen molar-refractivity contribution in [2.75, 3.05) is 13.2 Å². The summed E-state index contributed by atoms with van der Waals surface area (Å²) in [5.41, 5.74) is 1.07. The van der Waals surface area contributed by atoms with Crippen molar-refractivity contribution in [3.05, 3.63) is 29.3 Å². The number of rotatable bonds is 4. The summed E-state index contributed by atoms with van der Waals surface area (Å²) in [4.78, 5) is 19.3. The van der Waals surface area contributed by atoms with E-state index in [9.17, 15) is 4.79 Å². The predicted molar refractivity (Wildman–Crippen MR) is 91.7 cm³/mol. The van der Waals surface area contributed by atoms with Gasteiger partial charge in [-0.2, -0.15) is 0 Å². The van der Waals surface area contributed by atoms with E-state index >= 15 is 0 Å². The molecular weight excluding hydrogens is 308 g/mol. The van der Waals surface area contributed by atoms with Crippen LogP contribution >= 0.6 is 11.3 Å². The minimum Gasteiger partial charge on any atom is -0.374 e. The average Bonchev–Trinajstić information content (AvgIpc) is 3.20. The molecule has 2 aromatic rings. The summed E-state index contributed by atoms with van der Waals surface area (Å²) < 4.78 is 7.02. The van der Waals surface area contributed by atoms with Gasteiger partial charge in [-0.3, -0.25) is 4.79 Å². The highest BCUT2D eigenvalue weighted by Gasteiger charge is 2.37. The Kier molecular flexibility index (Phi) is 4.31. The quantitative estimate of drug-likeness (QED) is 0.863. The number of nitrogens with zero attached hydrogens (tertiary/aromatic N) is 2. The van der Waals surface area contributed by atoms with Gasteiger partial charge in [0.1, 0.15) is 0 Å². The minimum atomic E-state index is 0.289. The van der Waals surface area contributed by atoms with Gasteiger partial charge < -0.3 is 9.64 Å². The van der Waals surface area contributed by atoms with E-state index in [0.29, 0.717) is 25.0 Å². The van der Waals surface area contributed by atoms with Gasteiger partial charge in [-0.05, 0) is 44.2 Å². The molecule has 23 heavy (non-hydrogen) atoms. The molecule has 2 aliphatic rings. The first-order chi connectivity index (χ1) is 11.3. The van der Waals surface area contributed by atoms with Gasteiger partial charge in [0.2, 0.25) is 5.91 Å². The molecule has 0 unspecified atom stereocenters. The molecule has 2 fully saturated rings. The lowest BCUT2D eigenvalue weighted by Crippen LogP contribution is -2.51. The number of fused-ring (bicyclic) bond motifs is 2. The number of morpholine rings is 1. The lowest BCUT2D eigenvalue weighted by molar-refractivity contribution is -0.144. The lowest BCUT2D eigenvalue weighted by Gasteiger charge is -2.37. The van der Waals surface area contributed by atoms with Crippen LogP contribution in [0, 0.1) is 0 Å². The van der Waals surface area contributed by atoms with E-state index in [1.54, 1.807) is 11.3 Å². The molecule has 2 atom stereocenters. The molecule has 122 valence electrons. The van der Waals surface area contributed by atoms with Crippen LogP contribution in [0.15, 0.2) is 24.3 Å². The van der Waals surface area contributed by atoms with Gasteiger partial charge >= 0.3 is 0 Å². The Labute approximate surface area is 140 Å². The lowest BCUT2D eigenvalue weighted by atomic mass is 10.1. The maximum atomic E-state index is 12.6. The van der Waals surface area contributed by atoms with E-state index in [2.05, 4.69) is 22.0 Å². The van der Waals surface area contributed by atoms with Gasteiger partial charge in [0.05, 0.1) is 34.0 Å². The standard InChI is InChI=1S/C18H22N2O2S/c21-18(20-11-12-22-15-7-3-6-14(15)20)10-4-9-17-19-13-5-1-2-8-16(13)23-17/h1-2,5,8,14-15H,3-4,6-7,9-12H2/t14-,15+/m1/s1. The summed E-state index contributed by atoms with van der Waals surface area (Å²) in [5.74, 6) is 0.298. The molecule has 4 nitrogen and oxygen atoms in total. The number of hydrogen-bond donors (Lipinski definition) is 0. The van der Waals surface area contributed by atoms with Crippen LogP contribution in [0.1, 0.15) is 37.1 Å². The molecule has 0 bridgehead atoms. The van der Waals surface area contributed by atoms with Gasteiger partial charge in [-0.1, -0.05) is 12.1 Å². The summed E-state index contributed by atoms with van der Waals surface area (Å²) in [6, 6.07) is 8.55. The van der Waals surface area contributed by atoms with Crippen LogP contribution in [0.4, 0.5) is 0 Å². The van der Waals surface area contributed by atoms with E-state index in [1.807, 2.05) is 12.1 Å². The molecule has 2 heterocycles. The fourth-order valence-electron chi connectivity index (χ4n) is 3.80. The number of aryl methyl sites for hydroxylation is 1. The summed E-state index contributed by atoms with van der Waals surface area (Å²) >= 11 is 1.74. The second-order valence-electron chi connectivity index (χ2n) is 6.42. The number of amides is 1. The molecule has 5 heteroatoms. The summed E-state index contributed by atoms with van der Waals surface area (Å²) in [5, 5.41) is 1.14. The maximum Gasteiger partial charge on any atom is 0.222 e. The van der Waals surface area contributed by atoms with Crippen LogP contribution in [-0.2, 0) is 16.0 Å². The first-order valence-corrected chi connectivity index (χ1v) is 9.38. The number of aromatic nitrogens is 1. The highest BCUT2D eigenvalue weighted by molar-refractivity contribution is 7.18. The third-order valence-corrected chi connectivity index (χ3v) is 6.02. The Morgan fingerprint density at radius 2 is 2.26 bits per heavy atom. The van der Waals surface area contributed by atoms with Crippen LogP contribution in [0.3, 0.4) is 0 Å². The largest absolute Gasteiger partial charge is 0.374 e. The highest BCUT2D eigenvalue weighted by atomic mass is 32.1. The highest BCUT2D eigenvalue weighted by Crippen LogP contribution is 2.30. The zero-order chi connectivity index (χ0) is 15.6. The SMILES string of the molecule is O=C(CCCc1nc2ccccc2s1)N1CCO[C@H]2CCC[C@H]21. The van der Waals surface area contributed by atoms with E-state index < -0.39 is 0 Å². The van der Waals surface area contributed by atoms with Crippen LogP contribution in [0.5, 0.6) is 0 Å². The van der Waals surface area contributed by atoms with Crippen LogP contribution < -0.4 is 0 Å². The molecule has 1 aromatic heterocycles. The number of carbonyl (C=O) groups excluding carboxylic acids is 1. The van der Waals surface area contributed by atoms with Gasteiger partial charge in [-0.25, -0.2) is 4.98 Å². The fraction of sp³-hybridized carbons (Fsp3) is 0.556. The Balaban J connectivity index is 1.32. The van der Waals surface area contributed by atoms with Crippen molar-refractivity contribution in [1.82, 2.24) is 9.88 Å².